The van der Waals surface area contributed by atoms with Crippen LogP contribution in [0.3, 0.4) is 0 Å². The average Bonchev–Trinajstić information content (AvgIpc) is 3.75. The van der Waals surface area contributed by atoms with Crippen LogP contribution in [0.1, 0.15) is 101 Å². The first-order valence-corrected chi connectivity index (χ1v) is 18.7. The molecule has 3 heterocycles. The van der Waals surface area contributed by atoms with Crippen LogP contribution in [-0.4, -0.2) is 19.3 Å². The Bertz CT molecular complexity index is 2270. The van der Waals surface area contributed by atoms with E-state index in [0.717, 1.165) is 77.4 Å². The molecule has 0 spiro atoms. The average molecular weight is 868 g/mol. The van der Waals surface area contributed by atoms with Gasteiger partial charge >= 0.3 is 21.1 Å². The zero-order valence-electron chi connectivity index (χ0n) is 31.1. The Morgan fingerprint density at radius 2 is 1.50 bits per heavy atom. The van der Waals surface area contributed by atoms with Crippen LogP contribution in [0.5, 0.6) is 11.5 Å². The number of hydrogen-bond acceptors (Lipinski definition) is 3. The fourth-order valence-electron chi connectivity index (χ4n) is 7.66. The Labute approximate surface area is 323 Å². The van der Waals surface area contributed by atoms with Crippen LogP contribution < -0.4 is 4.74 Å². The van der Waals surface area contributed by atoms with E-state index < -0.39 is 0 Å². The topological polar surface area (TPSA) is 44.9 Å². The van der Waals surface area contributed by atoms with Gasteiger partial charge in [0, 0.05) is 35.0 Å². The summed E-state index contributed by atoms with van der Waals surface area (Å²) in [7, 11) is 0. The van der Waals surface area contributed by atoms with Gasteiger partial charge in [0.05, 0.1) is 6.20 Å². The van der Waals surface area contributed by atoms with E-state index in [1.807, 2.05) is 41.3 Å². The molecule has 268 valence electrons. The molecule has 7 aromatic rings. The molecule has 7 rings (SSSR count). The van der Waals surface area contributed by atoms with Crippen LogP contribution in [-0.2, 0) is 27.5 Å². The van der Waals surface area contributed by atoms with Gasteiger partial charge in [0.15, 0.2) is 0 Å². The molecule has 0 saturated carbocycles. The number of aromatic nitrogens is 4. The Kier molecular flexibility index (Phi) is 11.8. The number of pyridine rings is 1. The second kappa shape index (κ2) is 16.5. The SMILES string of the molecule is CCCc1ccnc(-n2c3[c-]c(Oc4[c-]c(-n5cc(-c6c(C(C)CCC)cc(C)cc6C(C)CCC)cn5)ccc4)ccc3c3ccccc32)c1.[Pt+2]. The van der Waals surface area contributed by atoms with Gasteiger partial charge in [0.2, 0.25) is 0 Å². The van der Waals surface area contributed by atoms with E-state index in [9.17, 15) is 0 Å². The summed E-state index contributed by atoms with van der Waals surface area (Å²) in [5, 5.41) is 7.14. The number of fused-ring (bicyclic) bond motifs is 3. The third-order valence-corrected chi connectivity index (χ3v) is 10.1. The van der Waals surface area contributed by atoms with Gasteiger partial charge in [-0.3, -0.25) is 4.68 Å². The summed E-state index contributed by atoms with van der Waals surface area (Å²) in [6.07, 6.45) is 12.8. The monoisotopic (exact) mass is 867 g/mol. The maximum atomic E-state index is 6.47. The Morgan fingerprint density at radius 1 is 0.769 bits per heavy atom. The molecule has 0 N–H and O–H groups in total. The van der Waals surface area contributed by atoms with E-state index in [4.69, 9.17) is 14.8 Å². The molecule has 0 aliphatic rings. The Morgan fingerprint density at radius 3 is 2.23 bits per heavy atom. The molecule has 52 heavy (non-hydrogen) atoms. The van der Waals surface area contributed by atoms with Crippen LogP contribution >= 0.6 is 0 Å². The van der Waals surface area contributed by atoms with Gasteiger partial charge in [-0.1, -0.05) is 95.3 Å². The van der Waals surface area contributed by atoms with Crippen molar-refractivity contribution in [3.63, 3.8) is 0 Å². The van der Waals surface area contributed by atoms with E-state index in [0.29, 0.717) is 23.3 Å². The molecule has 0 amide bonds. The second-order valence-corrected chi connectivity index (χ2v) is 14.1. The second-order valence-electron chi connectivity index (χ2n) is 14.1. The number of hydrogen-bond donors (Lipinski definition) is 0. The Balaban J connectivity index is 0.00000464. The smallest absolute Gasteiger partial charge is 0.509 e. The van der Waals surface area contributed by atoms with Crippen molar-refractivity contribution in [3.05, 3.63) is 132 Å². The van der Waals surface area contributed by atoms with Crippen molar-refractivity contribution in [1.82, 2.24) is 19.3 Å². The van der Waals surface area contributed by atoms with E-state index in [-0.39, 0.29) is 21.1 Å². The van der Waals surface area contributed by atoms with Crippen molar-refractivity contribution in [2.24, 2.45) is 0 Å². The molecule has 2 unspecified atom stereocenters. The number of ether oxygens (including phenoxy) is 1. The summed E-state index contributed by atoms with van der Waals surface area (Å²) < 4.78 is 10.6. The number of nitrogens with zero attached hydrogens (tertiary/aromatic N) is 4. The first kappa shape index (κ1) is 37.3. The number of benzene rings is 4. The molecule has 0 saturated heterocycles. The van der Waals surface area contributed by atoms with Crippen LogP contribution in [0.15, 0.2) is 97.5 Å². The third kappa shape index (κ3) is 7.52. The number of para-hydroxylation sites is 1. The van der Waals surface area contributed by atoms with Crippen molar-refractivity contribution in [2.45, 2.75) is 91.9 Å². The molecule has 0 aliphatic carbocycles. The van der Waals surface area contributed by atoms with Crippen molar-refractivity contribution < 1.29 is 25.8 Å². The first-order valence-electron chi connectivity index (χ1n) is 18.7. The molecular formula is C46H48N4OPt. The molecule has 6 heteroatoms. The molecular weight excluding hydrogens is 820 g/mol. The predicted octanol–water partition coefficient (Wildman–Crippen LogP) is 12.5. The normalized spacial score (nSPS) is 12.6. The maximum Gasteiger partial charge on any atom is 2.00 e. The van der Waals surface area contributed by atoms with Gasteiger partial charge in [0.1, 0.15) is 5.82 Å². The fourth-order valence-corrected chi connectivity index (χ4v) is 7.66. The molecule has 2 atom stereocenters. The summed E-state index contributed by atoms with van der Waals surface area (Å²) in [6, 6.07) is 34.7. The molecule has 0 radical (unpaired) electrons. The fraction of sp³-hybridized carbons (Fsp3) is 0.304. The standard InChI is InChI=1S/C46H48N4O.Pt/c1-7-13-32(5)41-24-31(4)25-42(33(6)14-8-2)46(41)35-29-48-49(30-35)36-16-12-17-37(27-36)51-38-20-21-40-39-18-10-11-19-43(39)50(44(40)28-38)45-26-34(15-9-3)22-23-47-45;/h10-12,16-26,29-30,32-33H,7-9,13-15H2,1-6H3;/q-2;+2. The zero-order valence-corrected chi connectivity index (χ0v) is 33.4. The van der Waals surface area contributed by atoms with Crippen LogP contribution in [0.25, 0.3) is 44.4 Å². The van der Waals surface area contributed by atoms with Gasteiger partial charge in [-0.05, 0) is 89.5 Å². The van der Waals surface area contributed by atoms with Crippen molar-refractivity contribution >= 4 is 21.8 Å². The Hall–Kier alpha value is -4.47. The first-order chi connectivity index (χ1) is 24.9. The molecule has 0 bridgehead atoms. The van der Waals surface area contributed by atoms with Crippen LogP contribution in [0.4, 0.5) is 0 Å². The predicted molar refractivity (Wildman–Crippen MR) is 211 cm³/mol. The molecule has 3 aromatic heterocycles. The minimum atomic E-state index is 0. The summed E-state index contributed by atoms with van der Waals surface area (Å²) >= 11 is 0. The zero-order chi connectivity index (χ0) is 35.5. The molecule has 0 aliphatic heterocycles. The number of aryl methyl sites for hydroxylation is 2. The summed E-state index contributed by atoms with van der Waals surface area (Å²) in [4.78, 5) is 4.79. The van der Waals surface area contributed by atoms with Gasteiger partial charge in [0.25, 0.3) is 0 Å². The van der Waals surface area contributed by atoms with E-state index in [1.54, 1.807) is 0 Å². The van der Waals surface area contributed by atoms with Crippen molar-refractivity contribution in [1.29, 1.82) is 0 Å². The minimum absolute atomic E-state index is 0. The van der Waals surface area contributed by atoms with Gasteiger partial charge in [-0.15, -0.1) is 35.7 Å². The summed E-state index contributed by atoms with van der Waals surface area (Å²) in [5.41, 5.74) is 10.8. The van der Waals surface area contributed by atoms with Gasteiger partial charge in [-0.2, -0.15) is 17.2 Å². The van der Waals surface area contributed by atoms with Crippen LogP contribution in [0.2, 0.25) is 0 Å². The molecule has 0 fully saturated rings. The van der Waals surface area contributed by atoms with Crippen molar-refractivity contribution in [3.8, 4) is 34.1 Å². The van der Waals surface area contributed by atoms with Gasteiger partial charge < -0.3 is 9.30 Å². The van der Waals surface area contributed by atoms with E-state index >= 15 is 0 Å². The number of rotatable bonds is 13. The van der Waals surface area contributed by atoms with Crippen molar-refractivity contribution in [2.75, 3.05) is 0 Å². The largest absolute Gasteiger partial charge is 2.00 e. The third-order valence-electron chi connectivity index (χ3n) is 10.1. The van der Waals surface area contributed by atoms with Gasteiger partial charge in [-0.25, -0.2) is 4.98 Å². The molecule has 4 aromatic carbocycles. The quantitative estimate of drug-likeness (QED) is 0.108. The minimum Gasteiger partial charge on any atom is -0.509 e. The van der Waals surface area contributed by atoms with E-state index in [1.165, 1.54) is 27.8 Å². The maximum absolute atomic E-state index is 6.47. The van der Waals surface area contributed by atoms with E-state index in [2.05, 4.69) is 119 Å². The summed E-state index contributed by atoms with van der Waals surface area (Å²) in [6.45, 7) is 13.7. The van der Waals surface area contributed by atoms with Crippen LogP contribution in [0, 0.1) is 19.1 Å². The molecule has 5 nitrogen and oxygen atoms in total. The summed E-state index contributed by atoms with van der Waals surface area (Å²) in [5.74, 6) is 3.04.